The van der Waals surface area contributed by atoms with E-state index in [1.807, 2.05) is 6.07 Å². The van der Waals surface area contributed by atoms with Crippen LogP contribution in [0.4, 0.5) is 5.82 Å². The first-order chi connectivity index (χ1) is 7.29. The molecule has 0 atom stereocenters. The average molecular weight is 204 g/mol. The number of rotatable bonds is 2. The van der Waals surface area contributed by atoms with Crippen molar-refractivity contribution in [2.24, 2.45) is 0 Å². The van der Waals surface area contributed by atoms with Crippen molar-refractivity contribution in [3.05, 3.63) is 29.5 Å². The summed E-state index contributed by atoms with van der Waals surface area (Å²) in [6.07, 6.45) is 5.82. The summed E-state index contributed by atoms with van der Waals surface area (Å²) in [5.41, 5.74) is 2.12. The van der Waals surface area contributed by atoms with Crippen molar-refractivity contribution in [1.29, 1.82) is 0 Å². The fourth-order valence-corrected chi connectivity index (χ4v) is 1.52. The van der Waals surface area contributed by atoms with Crippen molar-refractivity contribution < 1.29 is 9.53 Å². The molecule has 0 unspecified atom stereocenters. The van der Waals surface area contributed by atoms with Crippen molar-refractivity contribution in [3.63, 3.8) is 0 Å². The number of aromatic nitrogens is 1. The summed E-state index contributed by atoms with van der Waals surface area (Å²) in [5, 5.41) is 3.18. The Balaban J connectivity index is 2.16. The molecule has 4 heteroatoms. The van der Waals surface area contributed by atoms with E-state index >= 15 is 0 Å². The number of ether oxygens (including phenoxy) is 1. The fourth-order valence-electron chi connectivity index (χ4n) is 1.52. The average Bonchev–Trinajstić information content (AvgIpc) is 2.72. The predicted molar refractivity (Wildman–Crippen MR) is 57.5 cm³/mol. The van der Waals surface area contributed by atoms with Crippen molar-refractivity contribution in [3.8, 4) is 0 Å². The van der Waals surface area contributed by atoms with Gasteiger partial charge in [-0.1, -0.05) is 0 Å². The second kappa shape index (κ2) is 4.13. The first-order valence-electron chi connectivity index (χ1n) is 4.78. The second-order valence-electron chi connectivity index (χ2n) is 3.31. The van der Waals surface area contributed by atoms with Gasteiger partial charge in [-0.3, -0.25) is 0 Å². The Morgan fingerprint density at radius 3 is 3.33 bits per heavy atom. The third kappa shape index (κ3) is 2.15. The van der Waals surface area contributed by atoms with Crippen LogP contribution in [0, 0.1) is 0 Å². The van der Waals surface area contributed by atoms with E-state index in [0.717, 1.165) is 24.3 Å². The van der Waals surface area contributed by atoms with Gasteiger partial charge in [0.1, 0.15) is 5.82 Å². The maximum atomic E-state index is 10.9. The minimum absolute atomic E-state index is 0.353. The molecule has 1 aliphatic heterocycles. The van der Waals surface area contributed by atoms with Gasteiger partial charge in [-0.25, -0.2) is 9.78 Å². The summed E-state index contributed by atoms with van der Waals surface area (Å²) in [4.78, 5) is 15.1. The molecule has 0 spiro atoms. The highest BCUT2D eigenvalue weighted by Gasteiger charge is 2.10. The number of anilines is 1. The molecule has 0 saturated carbocycles. The maximum Gasteiger partial charge on any atom is 0.330 e. The van der Waals surface area contributed by atoms with E-state index < -0.39 is 0 Å². The molecule has 0 saturated heterocycles. The van der Waals surface area contributed by atoms with Crippen LogP contribution in [0.25, 0.3) is 6.08 Å². The topological polar surface area (TPSA) is 51.2 Å². The van der Waals surface area contributed by atoms with Gasteiger partial charge in [-0.15, -0.1) is 0 Å². The molecule has 1 aromatic heterocycles. The Morgan fingerprint density at radius 1 is 1.67 bits per heavy atom. The first kappa shape index (κ1) is 9.71. The number of methoxy groups -OCH3 is 1. The summed E-state index contributed by atoms with van der Waals surface area (Å²) in [6, 6.07) is 2.03. The Morgan fingerprint density at radius 2 is 2.53 bits per heavy atom. The number of carbonyl (C=O) groups is 1. The molecule has 0 bridgehead atoms. The lowest BCUT2D eigenvalue weighted by Gasteiger charge is -1.99. The number of hydrogen-bond acceptors (Lipinski definition) is 4. The number of esters is 1. The van der Waals surface area contributed by atoms with Gasteiger partial charge in [0.15, 0.2) is 0 Å². The van der Waals surface area contributed by atoms with Crippen LogP contribution in [0.2, 0.25) is 0 Å². The monoisotopic (exact) mass is 204 g/mol. The summed E-state index contributed by atoms with van der Waals surface area (Å²) in [5.74, 6) is 0.596. The molecule has 1 aromatic rings. The summed E-state index contributed by atoms with van der Waals surface area (Å²) >= 11 is 0. The molecule has 78 valence electrons. The molecule has 0 radical (unpaired) electrons. The standard InChI is InChI=1S/C11H12N2O2/c1-15-10(14)3-2-8-6-9-4-5-12-11(9)13-7-8/h2-3,6-7H,4-5H2,1H3,(H,12,13). The van der Waals surface area contributed by atoms with Crippen LogP contribution in [-0.2, 0) is 16.0 Å². The number of fused-ring (bicyclic) bond motifs is 1. The van der Waals surface area contributed by atoms with Crippen molar-refractivity contribution in [1.82, 2.24) is 4.98 Å². The van der Waals surface area contributed by atoms with E-state index in [4.69, 9.17) is 0 Å². The van der Waals surface area contributed by atoms with Crippen molar-refractivity contribution in [2.75, 3.05) is 19.0 Å². The first-order valence-corrected chi connectivity index (χ1v) is 4.78. The lowest BCUT2D eigenvalue weighted by molar-refractivity contribution is -0.134. The van der Waals surface area contributed by atoms with Gasteiger partial charge in [0.05, 0.1) is 7.11 Å². The summed E-state index contributed by atoms with van der Waals surface area (Å²) in [6.45, 7) is 0.937. The Labute approximate surface area is 88.0 Å². The second-order valence-corrected chi connectivity index (χ2v) is 3.31. The lowest BCUT2D eigenvalue weighted by Crippen LogP contribution is -1.94. The molecule has 0 aromatic carbocycles. The van der Waals surface area contributed by atoms with Gasteiger partial charge < -0.3 is 10.1 Å². The van der Waals surface area contributed by atoms with E-state index in [1.165, 1.54) is 18.7 Å². The quantitative estimate of drug-likeness (QED) is 0.581. The van der Waals surface area contributed by atoms with Crippen molar-refractivity contribution >= 4 is 17.9 Å². The molecule has 0 fully saturated rings. The zero-order chi connectivity index (χ0) is 10.7. The minimum Gasteiger partial charge on any atom is -0.466 e. The lowest BCUT2D eigenvalue weighted by atomic mass is 10.1. The number of pyridine rings is 1. The molecule has 1 N–H and O–H groups in total. The van der Waals surface area contributed by atoms with E-state index in [9.17, 15) is 4.79 Å². The fraction of sp³-hybridized carbons (Fsp3) is 0.273. The predicted octanol–water partition coefficient (Wildman–Crippen LogP) is 1.24. The molecule has 2 rings (SSSR count). The van der Waals surface area contributed by atoms with Gasteiger partial charge in [-0.2, -0.15) is 0 Å². The number of nitrogens with zero attached hydrogens (tertiary/aromatic N) is 1. The highest BCUT2D eigenvalue weighted by Crippen LogP contribution is 2.20. The van der Waals surface area contributed by atoms with Crippen LogP contribution >= 0.6 is 0 Å². The zero-order valence-electron chi connectivity index (χ0n) is 8.49. The van der Waals surface area contributed by atoms with E-state index in [0.29, 0.717) is 0 Å². The molecular formula is C11H12N2O2. The Hall–Kier alpha value is -1.84. The molecular weight excluding hydrogens is 192 g/mol. The maximum absolute atomic E-state index is 10.9. The third-order valence-corrected chi connectivity index (χ3v) is 2.29. The van der Waals surface area contributed by atoms with E-state index in [-0.39, 0.29) is 5.97 Å². The SMILES string of the molecule is COC(=O)C=Cc1cnc2c(c1)CCN2. The zero-order valence-corrected chi connectivity index (χ0v) is 8.49. The van der Waals surface area contributed by atoms with Crippen molar-refractivity contribution in [2.45, 2.75) is 6.42 Å². The van der Waals surface area contributed by atoms with Gasteiger partial charge in [0.25, 0.3) is 0 Å². The number of hydrogen-bond donors (Lipinski definition) is 1. The Kier molecular flexibility index (Phi) is 2.67. The molecule has 0 aliphatic carbocycles. The minimum atomic E-state index is -0.353. The van der Waals surface area contributed by atoms with Crippen LogP contribution in [0.3, 0.4) is 0 Å². The van der Waals surface area contributed by atoms with Crippen LogP contribution in [-0.4, -0.2) is 24.6 Å². The van der Waals surface area contributed by atoms with E-state index in [1.54, 1.807) is 12.3 Å². The third-order valence-electron chi connectivity index (χ3n) is 2.29. The van der Waals surface area contributed by atoms with Crippen LogP contribution in [0.15, 0.2) is 18.3 Å². The largest absolute Gasteiger partial charge is 0.466 e. The molecule has 15 heavy (non-hydrogen) atoms. The molecule has 1 aliphatic rings. The van der Waals surface area contributed by atoms with Gasteiger partial charge in [0.2, 0.25) is 0 Å². The van der Waals surface area contributed by atoms with Gasteiger partial charge >= 0.3 is 5.97 Å². The number of nitrogens with one attached hydrogen (secondary N) is 1. The number of carbonyl (C=O) groups excluding carboxylic acids is 1. The van der Waals surface area contributed by atoms with Crippen LogP contribution < -0.4 is 5.32 Å². The molecule has 0 amide bonds. The normalized spacial score (nSPS) is 13.7. The Bertz CT molecular complexity index is 413. The molecule has 2 heterocycles. The van der Waals surface area contributed by atoms with Gasteiger partial charge in [-0.05, 0) is 29.7 Å². The highest BCUT2D eigenvalue weighted by atomic mass is 16.5. The smallest absolute Gasteiger partial charge is 0.330 e. The van der Waals surface area contributed by atoms with E-state index in [2.05, 4.69) is 15.0 Å². The molecule has 4 nitrogen and oxygen atoms in total. The summed E-state index contributed by atoms with van der Waals surface area (Å²) in [7, 11) is 1.36. The highest BCUT2D eigenvalue weighted by molar-refractivity contribution is 5.86. The summed E-state index contributed by atoms with van der Waals surface area (Å²) < 4.78 is 4.51. The van der Waals surface area contributed by atoms with Crippen LogP contribution in [0.5, 0.6) is 0 Å². The van der Waals surface area contributed by atoms with Gasteiger partial charge in [0, 0.05) is 18.8 Å². The van der Waals surface area contributed by atoms with Crippen LogP contribution in [0.1, 0.15) is 11.1 Å².